The first kappa shape index (κ1) is 16.5. The van der Waals surface area contributed by atoms with Gasteiger partial charge in [0.2, 0.25) is 5.91 Å². The summed E-state index contributed by atoms with van der Waals surface area (Å²) in [7, 11) is 0. The fraction of sp³-hybridized carbons (Fsp3) is 0.250. The monoisotopic (exact) mass is 348 g/mol. The minimum atomic E-state index is -0.119. The van der Waals surface area contributed by atoms with Crippen molar-refractivity contribution >= 4 is 28.2 Å². The van der Waals surface area contributed by atoms with Gasteiger partial charge in [-0.05, 0) is 60.0 Å². The maximum atomic E-state index is 12.2. The molecule has 1 saturated carbocycles. The Morgan fingerprint density at radius 1 is 1.35 bits per heavy atom. The van der Waals surface area contributed by atoms with E-state index in [2.05, 4.69) is 15.3 Å². The van der Waals surface area contributed by atoms with Crippen LogP contribution in [0.4, 0.5) is 11.5 Å². The Kier molecular flexibility index (Phi) is 4.05. The molecule has 1 amide bonds. The van der Waals surface area contributed by atoms with Crippen molar-refractivity contribution in [1.29, 1.82) is 0 Å². The third kappa shape index (κ3) is 2.99. The molecular weight excluding hydrogens is 328 g/mol. The third-order valence-electron chi connectivity index (χ3n) is 4.96. The van der Waals surface area contributed by atoms with Gasteiger partial charge in [0.05, 0.1) is 0 Å². The molecule has 0 bridgehead atoms. The zero-order valence-corrected chi connectivity index (χ0v) is 14.4. The van der Waals surface area contributed by atoms with Gasteiger partial charge >= 0.3 is 0 Å². The van der Waals surface area contributed by atoms with Crippen molar-refractivity contribution in [2.75, 3.05) is 17.7 Å². The van der Waals surface area contributed by atoms with Crippen molar-refractivity contribution in [3.05, 3.63) is 48.4 Å². The number of nitrogens with zero attached hydrogens (tertiary/aromatic N) is 2. The largest absolute Gasteiger partial charge is 0.398 e. The summed E-state index contributed by atoms with van der Waals surface area (Å²) >= 11 is 0. The maximum absolute atomic E-state index is 12.2. The first-order chi connectivity index (χ1) is 12.6. The fourth-order valence-corrected chi connectivity index (χ4v) is 3.27. The van der Waals surface area contributed by atoms with Crippen LogP contribution >= 0.6 is 0 Å². The van der Waals surface area contributed by atoms with E-state index < -0.39 is 0 Å². The van der Waals surface area contributed by atoms with E-state index in [0.29, 0.717) is 11.5 Å². The molecule has 0 spiro atoms. The topological polar surface area (TPSA) is 101 Å². The number of aliphatic hydroxyl groups is 1. The summed E-state index contributed by atoms with van der Waals surface area (Å²) < 4.78 is 0. The van der Waals surface area contributed by atoms with Crippen LogP contribution in [-0.4, -0.2) is 27.6 Å². The van der Waals surface area contributed by atoms with Crippen LogP contribution in [-0.2, 0) is 4.79 Å². The van der Waals surface area contributed by atoms with Crippen LogP contribution in [0.1, 0.15) is 12.0 Å². The molecule has 6 heteroatoms. The lowest BCUT2D eigenvalue weighted by Gasteiger charge is -2.11. The molecule has 4 N–H and O–H groups in total. The second-order valence-corrected chi connectivity index (χ2v) is 6.82. The summed E-state index contributed by atoms with van der Waals surface area (Å²) in [6, 6.07) is 7.74. The average Bonchev–Trinajstić information content (AvgIpc) is 3.42. The number of carbonyl (C=O) groups is 1. The SMILES string of the molecule is Cc1ccncc1-c1cc(N)c2cnc(NC(=O)C3CC3CO)cc2c1. The number of fused-ring (bicyclic) bond motifs is 1. The van der Waals surface area contributed by atoms with Crippen LogP contribution in [0.3, 0.4) is 0 Å². The molecule has 1 aromatic carbocycles. The summed E-state index contributed by atoms with van der Waals surface area (Å²) in [6.45, 7) is 2.08. The predicted molar refractivity (Wildman–Crippen MR) is 101 cm³/mol. The lowest BCUT2D eigenvalue weighted by atomic mass is 9.99. The molecule has 1 fully saturated rings. The van der Waals surface area contributed by atoms with Gasteiger partial charge in [-0.15, -0.1) is 0 Å². The highest BCUT2D eigenvalue weighted by atomic mass is 16.3. The molecule has 3 aromatic rings. The van der Waals surface area contributed by atoms with Gasteiger partial charge in [0.25, 0.3) is 0 Å². The molecule has 2 unspecified atom stereocenters. The van der Waals surface area contributed by atoms with Gasteiger partial charge in [0, 0.05) is 47.8 Å². The minimum absolute atomic E-state index is 0.0492. The number of rotatable bonds is 4. The lowest BCUT2D eigenvalue weighted by molar-refractivity contribution is -0.117. The van der Waals surface area contributed by atoms with E-state index in [-0.39, 0.29) is 24.3 Å². The number of pyridine rings is 2. The van der Waals surface area contributed by atoms with Gasteiger partial charge in [-0.25, -0.2) is 4.98 Å². The molecule has 2 atom stereocenters. The van der Waals surface area contributed by atoms with E-state index >= 15 is 0 Å². The number of amides is 1. The second kappa shape index (κ2) is 6.38. The van der Waals surface area contributed by atoms with Crippen molar-refractivity contribution in [3.8, 4) is 11.1 Å². The molecule has 1 aliphatic rings. The van der Waals surface area contributed by atoms with Crippen LogP contribution in [0.25, 0.3) is 21.9 Å². The minimum Gasteiger partial charge on any atom is -0.398 e. The van der Waals surface area contributed by atoms with Gasteiger partial charge < -0.3 is 16.2 Å². The highest BCUT2D eigenvalue weighted by Gasteiger charge is 2.42. The number of hydrogen-bond donors (Lipinski definition) is 3. The normalized spacial score (nSPS) is 18.7. The number of aromatic nitrogens is 2. The lowest BCUT2D eigenvalue weighted by Crippen LogP contribution is -2.16. The number of aryl methyl sites for hydroxylation is 1. The number of hydrogen-bond acceptors (Lipinski definition) is 5. The number of nitrogens with one attached hydrogen (secondary N) is 1. The second-order valence-electron chi connectivity index (χ2n) is 6.82. The van der Waals surface area contributed by atoms with Crippen molar-refractivity contribution in [1.82, 2.24) is 9.97 Å². The van der Waals surface area contributed by atoms with E-state index in [1.807, 2.05) is 37.4 Å². The Morgan fingerprint density at radius 3 is 2.92 bits per heavy atom. The van der Waals surface area contributed by atoms with Crippen LogP contribution in [0.5, 0.6) is 0 Å². The Bertz CT molecular complexity index is 1000. The van der Waals surface area contributed by atoms with Crippen LogP contribution in [0, 0.1) is 18.8 Å². The van der Waals surface area contributed by atoms with E-state index in [1.165, 1.54) is 0 Å². The first-order valence-electron chi connectivity index (χ1n) is 8.59. The molecule has 2 aromatic heterocycles. The molecule has 0 saturated heterocycles. The first-order valence-corrected chi connectivity index (χ1v) is 8.59. The van der Waals surface area contributed by atoms with Gasteiger partial charge in [-0.2, -0.15) is 0 Å². The molecule has 1 aliphatic carbocycles. The number of nitrogen functional groups attached to an aromatic ring is 1. The van der Waals surface area contributed by atoms with Crippen LogP contribution < -0.4 is 11.1 Å². The van der Waals surface area contributed by atoms with Gasteiger partial charge in [0.1, 0.15) is 5.82 Å². The zero-order valence-electron chi connectivity index (χ0n) is 14.4. The molecule has 0 radical (unpaired) electrons. The average molecular weight is 348 g/mol. The Morgan fingerprint density at radius 2 is 2.19 bits per heavy atom. The van der Waals surface area contributed by atoms with Gasteiger partial charge in [0.15, 0.2) is 0 Å². The van der Waals surface area contributed by atoms with Gasteiger partial charge in [-0.3, -0.25) is 9.78 Å². The third-order valence-corrected chi connectivity index (χ3v) is 4.96. The smallest absolute Gasteiger partial charge is 0.229 e. The molecule has 2 heterocycles. The quantitative estimate of drug-likeness (QED) is 0.629. The zero-order chi connectivity index (χ0) is 18.3. The van der Waals surface area contributed by atoms with E-state index in [9.17, 15) is 4.79 Å². The highest BCUT2D eigenvalue weighted by molar-refractivity contribution is 6.00. The highest BCUT2D eigenvalue weighted by Crippen LogP contribution is 2.39. The Hall–Kier alpha value is -2.99. The summed E-state index contributed by atoms with van der Waals surface area (Å²) in [6.07, 6.45) is 5.99. The number of aliphatic hydroxyl groups excluding tert-OH is 1. The summed E-state index contributed by atoms with van der Waals surface area (Å²) in [5.74, 6) is 0.354. The standard InChI is InChI=1S/C20H20N4O2/c1-11-2-3-22-8-16(11)12-4-13-7-19(23-9-17(13)18(21)6-12)24-20(26)15-5-14(15)10-25/h2-4,6-9,14-15,25H,5,10,21H2,1H3,(H,23,24,26). The number of anilines is 2. The summed E-state index contributed by atoms with van der Waals surface area (Å²) in [4.78, 5) is 20.7. The van der Waals surface area contributed by atoms with Crippen LogP contribution in [0.2, 0.25) is 0 Å². The molecule has 26 heavy (non-hydrogen) atoms. The molecule has 0 aliphatic heterocycles. The van der Waals surface area contributed by atoms with E-state index in [4.69, 9.17) is 10.8 Å². The molecule has 6 nitrogen and oxygen atoms in total. The van der Waals surface area contributed by atoms with Crippen molar-refractivity contribution in [2.24, 2.45) is 11.8 Å². The number of benzene rings is 1. The summed E-state index contributed by atoms with van der Waals surface area (Å²) in [5.41, 5.74) is 9.96. The molecule has 132 valence electrons. The summed E-state index contributed by atoms with van der Waals surface area (Å²) in [5, 5.41) is 13.7. The molecular formula is C20H20N4O2. The van der Waals surface area contributed by atoms with Crippen molar-refractivity contribution in [2.45, 2.75) is 13.3 Å². The Labute approximate surface area is 151 Å². The van der Waals surface area contributed by atoms with Crippen molar-refractivity contribution < 1.29 is 9.90 Å². The fourth-order valence-electron chi connectivity index (χ4n) is 3.27. The number of nitrogens with two attached hydrogens (primary N) is 1. The van der Waals surface area contributed by atoms with E-state index in [1.54, 1.807) is 12.4 Å². The number of carbonyl (C=O) groups excluding carboxylic acids is 1. The Balaban J connectivity index is 1.68. The van der Waals surface area contributed by atoms with Crippen molar-refractivity contribution in [3.63, 3.8) is 0 Å². The predicted octanol–water partition coefficient (Wildman–Crippen LogP) is 2.75. The molecule has 4 rings (SSSR count). The van der Waals surface area contributed by atoms with E-state index in [0.717, 1.165) is 33.9 Å². The maximum Gasteiger partial charge on any atom is 0.229 e. The van der Waals surface area contributed by atoms with Crippen LogP contribution in [0.15, 0.2) is 42.9 Å². The van der Waals surface area contributed by atoms with Gasteiger partial charge in [-0.1, -0.05) is 0 Å².